The number of carbonyl (C=O) groups excluding carboxylic acids is 2. The molecule has 1 N–H and O–H groups in total. The first-order valence-corrected chi connectivity index (χ1v) is 7.66. The van der Waals surface area contributed by atoms with Crippen molar-refractivity contribution in [1.29, 1.82) is 0 Å². The number of halogens is 1. The van der Waals surface area contributed by atoms with Crippen molar-refractivity contribution in [2.24, 2.45) is 0 Å². The molecule has 0 saturated heterocycles. The molecule has 0 saturated carbocycles. The van der Waals surface area contributed by atoms with Crippen molar-refractivity contribution in [2.75, 3.05) is 18.9 Å². The van der Waals surface area contributed by atoms with Gasteiger partial charge in [0, 0.05) is 18.3 Å². The van der Waals surface area contributed by atoms with Gasteiger partial charge in [-0.3, -0.25) is 9.59 Å². The topological polar surface area (TPSA) is 49.4 Å². The summed E-state index contributed by atoms with van der Waals surface area (Å²) in [5.74, 6) is -1.18. The highest BCUT2D eigenvalue weighted by atomic mass is 19.1. The van der Waals surface area contributed by atoms with Crippen LogP contribution in [0.2, 0.25) is 0 Å². The van der Waals surface area contributed by atoms with Crippen LogP contribution in [-0.2, 0) is 4.79 Å². The molecule has 0 fully saturated rings. The Labute approximate surface area is 141 Å². The fraction of sp³-hybridized carbons (Fsp3) is 0.263. The van der Waals surface area contributed by atoms with Crippen molar-refractivity contribution in [2.45, 2.75) is 20.8 Å². The molecule has 0 spiro atoms. The summed E-state index contributed by atoms with van der Waals surface area (Å²) >= 11 is 0. The summed E-state index contributed by atoms with van der Waals surface area (Å²) in [4.78, 5) is 25.7. The first-order chi connectivity index (χ1) is 11.3. The second-order valence-electron chi connectivity index (χ2n) is 5.99. The van der Waals surface area contributed by atoms with Crippen LogP contribution < -0.4 is 5.32 Å². The largest absolute Gasteiger partial charge is 0.332 e. The predicted octanol–water partition coefficient (Wildman–Crippen LogP) is 3.46. The van der Waals surface area contributed by atoms with E-state index in [4.69, 9.17) is 0 Å². The third kappa shape index (κ3) is 4.19. The fourth-order valence-corrected chi connectivity index (χ4v) is 2.69. The van der Waals surface area contributed by atoms with E-state index in [-0.39, 0.29) is 18.0 Å². The number of amides is 2. The van der Waals surface area contributed by atoms with E-state index in [2.05, 4.69) is 5.32 Å². The summed E-state index contributed by atoms with van der Waals surface area (Å²) in [5.41, 5.74) is 4.05. The Hall–Kier alpha value is -2.69. The Bertz CT molecular complexity index is 764. The number of rotatable bonds is 4. The lowest BCUT2D eigenvalue weighted by molar-refractivity contribution is -0.116. The van der Waals surface area contributed by atoms with E-state index in [0.717, 1.165) is 28.4 Å². The molecule has 126 valence electrons. The van der Waals surface area contributed by atoms with Gasteiger partial charge in [-0.05, 0) is 50.1 Å². The van der Waals surface area contributed by atoms with Gasteiger partial charge in [-0.15, -0.1) is 0 Å². The van der Waals surface area contributed by atoms with Gasteiger partial charge in [0.1, 0.15) is 5.82 Å². The van der Waals surface area contributed by atoms with Crippen molar-refractivity contribution in [3.63, 3.8) is 0 Å². The number of nitrogens with one attached hydrogen (secondary N) is 1. The van der Waals surface area contributed by atoms with Crippen LogP contribution in [0.5, 0.6) is 0 Å². The Morgan fingerprint density at radius 1 is 1.08 bits per heavy atom. The lowest BCUT2D eigenvalue weighted by Crippen LogP contribution is -2.35. The lowest BCUT2D eigenvalue weighted by Gasteiger charge is -2.18. The zero-order chi connectivity index (χ0) is 17.9. The minimum absolute atomic E-state index is 0.109. The SMILES string of the molecule is Cc1cc(C)c(NC(=O)CN(C)C(=O)c2cccc(F)c2)c(C)c1. The average Bonchev–Trinajstić information content (AvgIpc) is 2.50. The third-order valence-electron chi connectivity index (χ3n) is 3.74. The predicted molar refractivity (Wildman–Crippen MR) is 92.6 cm³/mol. The van der Waals surface area contributed by atoms with Gasteiger partial charge >= 0.3 is 0 Å². The molecule has 0 bridgehead atoms. The number of hydrogen-bond acceptors (Lipinski definition) is 2. The normalized spacial score (nSPS) is 10.4. The van der Waals surface area contributed by atoms with E-state index in [1.54, 1.807) is 0 Å². The van der Waals surface area contributed by atoms with Gasteiger partial charge in [-0.1, -0.05) is 23.8 Å². The van der Waals surface area contributed by atoms with Crippen molar-refractivity contribution in [3.05, 3.63) is 64.5 Å². The van der Waals surface area contributed by atoms with Crippen LogP contribution in [0.15, 0.2) is 36.4 Å². The Kier molecular flexibility index (Phi) is 5.34. The molecule has 0 aliphatic heterocycles. The molecule has 2 aromatic carbocycles. The van der Waals surface area contributed by atoms with Crippen LogP contribution in [0.4, 0.5) is 10.1 Å². The summed E-state index contributed by atoms with van der Waals surface area (Å²) in [7, 11) is 1.52. The van der Waals surface area contributed by atoms with E-state index >= 15 is 0 Å². The number of hydrogen-bond donors (Lipinski definition) is 1. The Morgan fingerprint density at radius 2 is 1.71 bits per heavy atom. The molecule has 4 nitrogen and oxygen atoms in total. The number of anilines is 1. The average molecular weight is 328 g/mol. The van der Waals surface area contributed by atoms with Gasteiger partial charge in [0.15, 0.2) is 0 Å². The second kappa shape index (κ2) is 7.25. The summed E-state index contributed by atoms with van der Waals surface area (Å²) < 4.78 is 13.2. The van der Waals surface area contributed by atoms with Crippen LogP contribution in [-0.4, -0.2) is 30.3 Å². The van der Waals surface area contributed by atoms with E-state index in [1.807, 2.05) is 32.9 Å². The van der Waals surface area contributed by atoms with Gasteiger partial charge in [0.05, 0.1) is 6.54 Å². The van der Waals surface area contributed by atoms with Crippen LogP contribution in [0.25, 0.3) is 0 Å². The number of benzene rings is 2. The molecule has 0 atom stereocenters. The molecule has 0 aliphatic rings. The van der Waals surface area contributed by atoms with Crippen molar-refractivity contribution in [1.82, 2.24) is 4.90 Å². The molecular formula is C19H21FN2O2. The zero-order valence-electron chi connectivity index (χ0n) is 14.3. The van der Waals surface area contributed by atoms with Crippen LogP contribution in [0.3, 0.4) is 0 Å². The highest BCUT2D eigenvalue weighted by molar-refractivity contribution is 5.99. The van der Waals surface area contributed by atoms with Crippen molar-refractivity contribution < 1.29 is 14.0 Å². The first-order valence-electron chi connectivity index (χ1n) is 7.66. The number of carbonyl (C=O) groups is 2. The summed E-state index contributed by atoms with van der Waals surface area (Å²) in [6.45, 7) is 5.74. The molecule has 5 heteroatoms. The van der Waals surface area contributed by atoms with E-state index in [9.17, 15) is 14.0 Å². The van der Waals surface area contributed by atoms with Crippen LogP contribution in [0.1, 0.15) is 27.0 Å². The minimum Gasteiger partial charge on any atom is -0.332 e. The highest BCUT2D eigenvalue weighted by Crippen LogP contribution is 2.21. The molecule has 2 rings (SSSR count). The fourth-order valence-electron chi connectivity index (χ4n) is 2.69. The molecule has 0 heterocycles. The van der Waals surface area contributed by atoms with Crippen LogP contribution in [0, 0.1) is 26.6 Å². The first kappa shape index (κ1) is 17.7. The van der Waals surface area contributed by atoms with Gasteiger partial charge < -0.3 is 10.2 Å². The second-order valence-corrected chi connectivity index (χ2v) is 5.99. The van der Waals surface area contributed by atoms with Gasteiger partial charge in [-0.2, -0.15) is 0 Å². The van der Waals surface area contributed by atoms with Gasteiger partial charge in [-0.25, -0.2) is 4.39 Å². The molecule has 0 aliphatic carbocycles. The van der Waals surface area contributed by atoms with Crippen molar-refractivity contribution >= 4 is 17.5 Å². The number of likely N-dealkylation sites (N-methyl/N-ethyl adjacent to an activating group) is 1. The maximum atomic E-state index is 13.2. The lowest BCUT2D eigenvalue weighted by atomic mass is 10.1. The zero-order valence-corrected chi connectivity index (χ0v) is 14.3. The van der Waals surface area contributed by atoms with E-state index in [0.29, 0.717) is 0 Å². The maximum Gasteiger partial charge on any atom is 0.254 e. The maximum absolute atomic E-state index is 13.2. The molecule has 24 heavy (non-hydrogen) atoms. The molecule has 2 aromatic rings. The molecular weight excluding hydrogens is 307 g/mol. The summed E-state index contributed by atoms with van der Waals surface area (Å²) in [6, 6.07) is 9.40. The van der Waals surface area contributed by atoms with Crippen LogP contribution >= 0.6 is 0 Å². The molecule has 0 aromatic heterocycles. The van der Waals surface area contributed by atoms with Gasteiger partial charge in [0.25, 0.3) is 5.91 Å². The minimum atomic E-state index is -0.482. The highest BCUT2D eigenvalue weighted by Gasteiger charge is 2.16. The Morgan fingerprint density at radius 3 is 2.29 bits per heavy atom. The van der Waals surface area contributed by atoms with Gasteiger partial charge in [0.2, 0.25) is 5.91 Å². The summed E-state index contributed by atoms with van der Waals surface area (Å²) in [6.07, 6.45) is 0. The summed E-state index contributed by atoms with van der Waals surface area (Å²) in [5, 5.41) is 2.85. The van der Waals surface area contributed by atoms with E-state index in [1.165, 1.54) is 30.1 Å². The number of aryl methyl sites for hydroxylation is 3. The molecule has 2 amide bonds. The smallest absolute Gasteiger partial charge is 0.254 e. The molecule has 0 unspecified atom stereocenters. The number of nitrogens with zero attached hydrogens (tertiary/aromatic N) is 1. The van der Waals surface area contributed by atoms with Crippen molar-refractivity contribution in [3.8, 4) is 0 Å². The monoisotopic (exact) mass is 328 g/mol. The Balaban J connectivity index is 2.06. The quantitative estimate of drug-likeness (QED) is 0.934. The third-order valence-corrected chi connectivity index (χ3v) is 3.74. The molecule has 0 radical (unpaired) electrons. The standard InChI is InChI=1S/C19H21FN2O2/c1-12-8-13(2)18(14(3)9-12)21-17(23)11-22(4)19(24)15-6-5-7-16(20)10-15/h5-10H,11H2,1-4H3,(H,21,23). The van der Waals surface area contributed by atoms with E-state index < -0.39 is 11.7 Å².